The number of phenolic OH excluding ortho intramolecular Hbond substituents is 1. The first-order valence-electron chi connectivity index (χ1n) is 9.61. The summed E-state index contributed by atoms with van der Waals surface area (Å²) >= 11 is 0. The Bertz CT molecular complexity index is 1230. The number of aromatic hydroxyl groups is 1. The number of amides is 3. The third-order valence-electron chi connectivity index (χ3n) is 6.32. The highest BCUT2D eigenvalue weighted by molar-refractivity contribution is 7.89. The van der Waals surface area contributed by atoms with Gasteiger partial charge in [0.2, 0.25) is 15.8 Å². The minimum atomic E-state index is -4.07. The number of phenols is 1. The fourth-order valence-corrected chi connectivity index (χ4v) is 4.74. The number of carbonyl (C=O) groups is 3. The third kappa shape index (κ3) is 3.14. The molecule has 0 bridgehead atoms. The zero-order valence-corrected chi connectivity index (χ0v) is 17.8. The van der Waals surface area contributed by atoms with Gasteiger partial charge in [0.1, 0.15) is 16.9 Å². The van der Waals surface area contributed by atoms with Gasteiger partial charge in [-0.1, -0.05) is 0 Å². The van der Waals surface area contributed by atoms with E-state index >= 15 is 0 Å². The SMILES string of the molecule is CN1C(=O)c2cc(S(N)(=O)=O)ccc2[N+](CC(=O)c2ccc(O)cc2)(C2(C)CC2)C1=O. The normalized spacial score (nSPS) is 22.2. The summed E-state index contributed by atoms with van der Waals surface area (Å²) in [6, 6.07) is 8.99. The van der Waals surface area contributed by atoms with Crippen molar-refractivity contribution in [2.75, 3.05) is 13.6 Å². The Morgan fingerprint density at radius 2 is 1.77 bits per heavy atom. The zero-order chi connectivity index (χ0) is 22.8. The molecule has 1 unspecified atom stereocenters. The lowest BCUT2D eigenvalue weighted by atomic mass is 9.98. The maximum Gasteiger partial charge on any atom is 0.431 e. The van der Waals surface area contributed by atoms with Crippen LogP contribution in [0.5, 0.6) is 5.75 Å². The van der Waals surface area contributed by atoms with Crippen LogP contribution in [0.3, 0.4) is 0 Å². The van der Waals surface area contributed by atoms with Gasteiger partial charge in [0.05, 0.1) is 4.90 Å². The zero-order valence-electron chi connectivity index (χ0n) is 17.0. The van der Waals surface area contributed by atoms with Crippen LogP contribution in [0.1, 0.15) is 40.5 Å². The molecule has 0 saturated heterocycles. The number of benzene rings is 2. The molecule has 1 aliphatic heterocycles. The number of hydrogen-bond acceptors (Lipinski definition) is 6. The number of carbonyl (C=O) groups excluding carboxylic acids is 3. The van der Waals surface area contributed by atoms with Gasteiger partial charge in [0.25, 0.3) is 5.91 Å². The highest BCUT2D eigenvalue weighted by Gasteiger charge is 2.67. The van der Waals surface area contributed by atoms with E-state index in [2.05, 4.69) is 0 Å². The van der Waals surface area contributed by atoms with E-state index in [1.165, 1.54) is 49.5 Å². The number of rotatable bonds is 5. The van der Waals surface area contributed by atoms with Crippen LogP contribution in [0.25, 0.3) is 0 Å². The van der Waals surface area contributed by atoms with E-state index in [-0.39, 0.29) is 34.2 Å². The number of fused-ring (bicyclic) bond motifs is 1. The van der Waals surface area contributed by atoms with E-state index in [9.17, 15) is 27.9 Å². The number of nitrogens with zero attached hydrogens (tertiary/aromatic N) is 2. The van der Waals surface area contributed by atoms with Crippen molar-refractivity contribution < 1.29 is 27.9 Å². The smallest absolute Gasteiger partial charge is 0.431 e. The van der Waals surface area contributed by atoms with E-state index in [1.54, 1.807) is 0 Å². The van der Waals surface area contributed by atoms with Gasteiger partial charge in [-0.05, 0) is 43.3 Å². The largest absolute Gasteiger partial charge is 0.508 e. The van der Waals surface area contributed by atoms with Crippen molar-refractivity contribution in [1.82, 2.24) is 9.38 Å². The average molecular weight is 444 g/mol. The van der Waals surface area contributed by atoms with Gasteiger partial charge in [-0.2, -0.15) is 4.48 Å². The lowest BCUT2D eigenvalue weighted by Crippen LogP contribution is -2.70. The molecule has 1 saturated carbocycles. The molecule has 1 heterocycles. The van der Waals surface area contributed by atoms with Crippen molar-refractivity contribution in [3.05, 3.63) is 53.6 Å². The number of Topliss-reactive ketones (excluding diaryl/α,β-unsaturated/α-hetero) is 1. The minimum absolute atomic E-state index is 0.00912. The summed E-state index contributed by atoms with van der Waals surface area (Å²) in [5.74, 6) is -0.985. The lowest BCUT2D eigenvalue weighted by Gasteiger charge is -2.45. The minimum Gasteiger partial charge on any atom is -0.508 e. The number of ketones is 1. The summed E-state index contributed by atoms with van der Waals surface area (Å²) in [5, 5.41) is 14.7. The molecule has 1 aliphatic carbocycles. The highest BCUT2D eigenvalue weighted by atomic mass is 32.2. The first kappa shape index (κ1) is 21.2. The van der Waals surface area contributed by atoms with E-state index in [0.29, 0.717) is 18.4 Å². The van der Waals surface area contributed by atoms with Crippen LogP contribution in [0.4, 0.5) is 10.5 Å². The molecular weight excluding hydrogens is 422 g/mol. The molecule has 3 N–H and O–H groups in total. The first-order valence-corrected chi connectivity index (χ1v) is 11.2. The Morgan fingerprint density at radius 3 is 2.32 bits per heavy atom. The van der Waals surface area contributed by atoms with Gasteiger partial charge in [-0.15, -0.1) is 0 Å². The topological polar surface area (TPSA) is 135 Å². The van der Waals surface area contributed by atoms with E-state index in [0.717, 1.165) is 4.90 Å². The number of quaternary nitrogens is 1. The Labute approximate surface area is 179 Å². The second kappa shape index (κ2) is 6.71. The Kier molecular flexibility index (Phi) is 4.58. The Morgan fingerprint density at radius 1 is 1.16 bits per heavy atom. The van der Waals surface area contributed by atoms with Crippen LogP contribution in [-0.4, -0.2) is 55.3 Å². The van der Waals surface area contributed by atoms with Crippen LogP contribution in [0, 0.1) is 0 Å². The van der Waals surface area contributed by atoms with Crippen LogP contribution >= 0.6 is 0 Å². The molecule has 0 aromatic heterocycles. The van der Waals surface area contributed by atoms with Crippen molar-refractivity contribution >= 4 is 33.4 Å². The molecule has 31 heavy (non-hydrogen) atoms. The lowest BCUT2D eigenvalue weighted by molar-refractivity contribution is 0.0699. The quantitative estimate of drug-likeness (QED) is 0.535. The van der Waals surface area contributed by atoms with Gasteiger partial charge in [0.15, 0.2) is 12.2 Å². The maximum absolute atomic E-state index is 13.6. The molecule has 10 heteroatoms. The Hall–Kier alpha value is -3.08. The second-order valence-corrected chi connectivity index (χ2v) is 9.87. The molecule has 4 rings (SSSR count). The number of imide groups is 1. The number of urea groups is 1. The second-order valence-electron chi connectivity index (χ2n) is 8.31. The van der Waals surface area contributed by atoms with Crippen molar-refractivity contribution in [3.63, 3.8) is 0 Å². The molecule has 162 valence electrons. The number of primary sulfonamides is 1. The summed E-state index contributed by atoms with van der Waals surface area (Å²) in [5.41, 5.74) is -0.00118. The third-order valence-corrected chi connectivity index (χ3v) is 7.23. The molecular formula is C21H22N3O6S+. The standard InChI is InChI=1S/C21H21N3O6S/c1-21(9-10-21)24(12-18(26)13-3-5-14(25)6-4-13)17-8-7-15(31(22,29)30)11-16(17)19(27)23(2)20(24)28/h3-8,11H,9-10,12H2,1-2H3,(H2-,22,25,26,29,30)/p+1. The van der Waals surface area contributed by atoms with Crippen molar-refractivity contribution in [1.29, 1.82) is 0 Å². The first-order chi connectivity index (χ1) is 14.4. The monoisotopic (exact) mass is 444 g/mol. The summed E-state index contributed by atoms with van der Waals surface area (Å²) in [4.78, 5) is 40.3. The van der Waals surface area contributed by atoms with Gasteiger partial charge >= 0.3 is 6.03 Å². The number of hydrogen-bond donors (Lipinski definition) is 2. The molecule has 0 radical (unpaired) electrons. The average Bonchev–Trinajstić information content (AvgIpc) is 3.47. The molecule has 9 nitrogen and oxygen atoms in total. The molecule has 3 amide bonds. The van der Waals surface area contributed by atoms with Crippen LogP contribution < -0.4 is 9.62 Å². The van der Waals surface area contributed by atoms with Crippen molar-refractivity contribution in [2.24, 2.45) is 5.14 Å². The summed E-state index contributed by atoms with van der Waals surface area (Å²) < 4.78 is 23.3. The van der Waals surface area contributed by atoms with Crippen LogP contribution in [0.15, 0.2) is 47.4 Å². The van der Waals surface area contributed by atoms with Gasteiger partial charge in [-0.3, -0.25) is 9.59 Å². The Balaban J connectivity index is 1.92. The fraction of sp³-hybridized carbons (Fsp3) is 0.286. The number of sulfonamides is 1. The fourth-order valence-electron chi connectivity index (χ4n) is 4.20. The molecule has 2 aromatic rings. The molecule has 1 fully saturated rings. The molecule has 0 spiro atoms. The van der Waals surface area contributed by atoms with E-state index in [4.69, 9.17) is 5.14 Å². The molecule has 2 aliphatic rings. The summed E-state index contributed by atoms with van der Waals surface area (Å²) in [6.45, 7) is 1.62. The predicted molar refractivity (Wildman–Crippen MR) is 112 cm³/mol. The van der Waals surface area contributed by atoms with Crippen LogP contribution in [-0.2, 0) is 10.0 Å². The highest BCUT2D eigenvalue weighted by Crippen LogP contribution is 2.53. The molecule has 1 atom stereocenters. The number of nitrogens with two attached hydrogens (primary N) is 1. The van der Waals surface area contributed by atoms with Gasteiger partial charge in [0, 0.05) is 31.5 Å². The summed E-state index contributed by atoms with van der Waals surface area (Å²) in [7, 11) is -2.75. The van der Waals surface area contributed by atoms with Crippen molar-refractivity contribution in [3.8, 4) is 5.75 Å². The van der Waals surface area contributed by atoms with Crippen molar-refractivity contribution in [2.45, 2.75) is 30.2 Å². The molecule has 2 aromatic carbocycles. The summed E-state index contributed by atoms with van der Waals surface area (Å²) in [6.07, 6.45) is 1.31. The van der Waals surface area contributed by atoms with Gasteiger partial charge < -0.3 is 5.11 Å². The van der Waals surface area contributed by atoms with E-state index < -0.39 is 32.0 Å². The maximum atomic E-state index is 13.6. The van der Waals surface area contributed by atoms with Gasteiger partial charge in [-0.25, -0.2) is 23.3 Å². The predicted octanol–water partition coefficient (Wildman–Crippen LogP) is 1.99. The van der Waals surface area contributed by atoms with Crippen LogP contribution in [0.2, 0.25) is 0 Å². The van der Waals surface area contributed by atoms with E-state index in [1.807, 2.05) is 6.92 Å².